The van der Waals surface area contributed by atoms with Gasteiger partial charge in [0.1, 0.15) is 5.75 Å². The van der Waals surface area contributed by atoms with E-state index in [2.05, 4.69) is 54.2 Å². The van der Waals surface area contributed by atoms with E-state index in [-0.39, 0.29) is 18.6 Å². The number of hydrogen-bond acceptors (Lipinski definition) is 5. The molecular formula is C23H25N3O3S. The van der Waals surface area contributed by atoms with Crippen molar-refractivity contribution in [3.05, 3.63) is 57.7 Å². The van der Waals surface area contributed by atoms with Crippen LogP contribution in [0.15, 0.2) is 46.8 Å². The minimum atomic E-state index is -0.142. The fourth-order valence-electron chi connectivity index (χ4n) is 3.54. The molecule has 1 aromatic heterocycles. The van der Waals surface area contributed by atoms with Crippen LogP contribution < -0.4 is 14.9 Å². The van der Waals surface area contributed by atoms with Crippen LogP contribution in [0.4, 0.5) is 11.4 Å². The molecule has 3 aromatic rings. The molecule has 1 unspecified atom stereocenters. The van der Waals surface area contributed by atoms with Gasteiger partial charge in [0, 0.05) is 18.1 Å². The second-order valence-corrected chi connectivity index (χ2v) is 8.36. The molecule has 0 spiro atoms. The van der Waals surface area contributed by atoms with Crippen LogP contribution in [-0.4, -0.2) is 30.8 Å². The lowest BCUT2D eigenvalue weighted by Gasteiger charge is -2.20. The van der Waals surface area contributed by atoms with Gasteiger partial charge in [-0.25, -0.2) is 4.99 Å². The molecule has 0 saturated carbocycles. The Hall–Kier alpha value is -2.90. The van der Waals surface area contributed by atoms with Gasteiger partial charge >= 0.3 is 0 Å². The summed E-state index contributed by atoms with van der Waals surface area (Å²) in [6.45, 7) is 6.87. The van der Waals surface area contributed by atoms with Crippen LogP contribution in [0, 0.1) is 13.8 Å². The summed E-state index contributed by atoms with van der Waals surface area (Å²) < 4.78 is 13.1. The first-order chi connectivity index (χ1) is 14.5. The number of methoxy groups -OCH3 is 1. The maximum Gasteiger partial charge on any atom is 0.262 e. The first kappa shape index (κ1) is 20.4. The van der Waals surface area contributed by atoms with Gasteiger partial charge in [0.05, 0.1) is 29.7 Å². The van der Waals surface area contributed by atoms with Crippen molar-refractivity contribution in [3.63, 3.8) is 0 Å². The highest BCUT2D eigenvalue weighted by Crippen LogP contribution is 2.34. The Bertz CT molecular complexity index is 1160. The van der Waals surface area contributed by atoms with Crippen molar-refractivity contribution < 1.29 is 14.3 Å². The number of aryl methyl sites for hydroxylation is 2. The number of nitrogens with zero attached hydrogens (tertiary/aromatic N) is 2. The Balaban J connectivity index is 1.85. The monoisotopic (exact) mass is 423 g/mol. The van der Waals surface area contributed by atoms with Crippen LogP contribution in [-0.2, 0) is 9.53 Å². The lowest BCUT2D eigenvalue weighted by atomic mass is 10.1. The SMILES string of the molecule is COCC(C)n1c(-c2ccc3c(c2)NC(=O)CO3)csc1=Nc1cc(C)ccc1C. The molecule has 1 N–H and O–H groups in total. The quantitative estimate of drug-likeness (QED) is 0.652. The summed E-state index contributed by atoms with van der Waals surface area (Å²) in [4.78, 5) is 17.6. The molecule has 7 heteroatoms. The Morgan fingerprint density at radius 1 is 1.27 bits per heavy atom. The lowest BCUT2D eigenvalue weighted by Crippen LogP contribution is -2.25. The third-order valence-corrected chi connectivity index (χ3v) is 5.92. The summed E-state index contributed by atoms with van der Waals surface area (Å²) >= 11 is 1.59. The fourth-order valence-corrected chi connectivity index (χ4v) is 4.55. The molecule has 156 valence electrons. The summed E-state index contributed by atoms with van der Waals surface area (Å²) in [5.74, 6) is 0.543. The summed E-state index contributed by atoms with van der Waals surface area (Å²) in [7, 11) is 1.70. The van der Waals surface area contributed by atoms with E-state index >= 15 is 0 Å². The lowest BCUT2D eigenvalue weighted by molar-refractivity contribution is -0.118. The summed E-state index contributed by atoms with van der Waals surface area (Å²) in [6.07, 6.45) is 0. The molecule has 2 aromatic carbocycles. The van der Waals surface area contributed by atoms with Crippen LogP contribution in [0.2, 0.25) is 0 Å². The number of ether oxygens (including phenoxy) is 2. The van der Waals surface area contributed by atoms with Gasteiger partial charge in [0.25, 0.3) is 5.91 Å². The average Bonchev–Trinajstić information content (AvgIpc) is 3.14. The van der Waals surface area contributed by atoms with Crippen LogP contribution in [0.25, 0.3) is 11.3 Å². The maximum absolute atomic E-state index is 11.7. The number of nitrogens with one attached hydrogen (secondary N) is 1. The van der Waals surface area contributed by atoms with Gasteiger partial charge in [-0.2, -0.15) is 0 Å². The van der Waals surface area contributed by atoms with Gasteiger partial charge in [0.2, 0.25) is 0 Å². The predicted octanol–water partition coefficient (Wildman–Crippen LogP) is 4.60. The van der Waals surface area contributed by atoms with Gasteiger partial charge in [0.15, 0.2) is 11.4 Å². The minimum Gasteiger partial charge on any atom is -0.482 e. The average molecular weight is 424 g/mol. The maximum atomic E-state index is 11.7. The van der Waals surface area contributed by atoms with Crippen LogP contribution in [0.1, 0.15) is 24.1 Å². The summed E-state index contributed by atoms with van der Waals surface area (Å²) in [6, 6.07) is 12.2. The second kappa shape index (κ2) is 8.45. The molecule has 1 amide bonds. The molecule has 0 fully saturated rings. The van der Waals surface area contributed by atoms with E-state index in [1.54, 1.807) is 18.4 Å². The number of carbonyl (C=O) groups is 1. The van der Waals surface area contributed by atoms with E-state index in [0.717, 1.165) is 27.3 Å². The zero-order chi connectivity index (χ0) is 21.3. The minimum absolute atomic E-state index is 0.0501. The molecule has 2 heterocycles. The third-order valence-electron chi connectivity index (χ3n) is 5.08. The molecule has 0 aliphatic carbocycles. The smallest absolute Gasteiger partial charge is 0.262 e. The van der Waals surface area contributed by atoms with Gasteiger partial charge in [-0.15, -0.1) is 11.3 Å². The second-order valence-electron chi connectivity index (χ2n) is 7.53. The third kappa shape index (κ3) is 4.04. The zero-order valence-electron chi connectivity index (χ0n) is 17.6. The molecule has 0 radical (unpaired) electrons. The predicted molar refractivity (Wildman–Crippen MR) is 120 cm³/mol. The highest BCUT2D eigenvalue weighted by Gasteiger charge is 2.19. The van der Waals surface area contributed by atoms with E-state index in [4.69, 9.17) is 14.5 Å². The molecule has 4 rings (SSSR count). The summed E-state index contributed by atoms with van der Waals surface area (Å²) in [5, 5.41) is 4.99. The number of anilines is 1. The molecule has 6 nitrogen and oxygen atoms in total. The number of carbonyl (C=O) groups excluding carboxylic acids is 1. The Kier molecular flexibility index (Phi) is 5.74. The highest BCUT2D eigenvalue weighted by molar-refractivity contribution is 7.07. The molecule has 0 saturated heterocycles. The number of amides is 1. The van der Waals surface area contributed by atoms with E-state index in [0.29, 0.717) is 18.0 Å². The van der Waals surface area contributed by atoms with Crippen LogP contribution in [0.5, 0.6) is 5.75 Å². The topological polar surface area (TPSA) is 64.8 Å². The van der Waals surface area contributed by atoms with Gasteiger partial charge in [-0.3, -0.25) is 4.79 Å². The standard InChI is InChI=1S/C23H25N3O3S/c1-14-5-6-15(2)18(9-14)25-23-26(16(3)11-28-4)20(13-30-23)17-7-8-21-19(10-17)24-22(27)12-29-21/h5-10,13,16H,11-12H2,1-4H3,(H,24,27). The number of fused-ring (bicyclic) bond motifs is 1. The van der Waals surface area contributed by atoms with Crippen molar-refractivity contribution in [2.45, 2.75) is 26.8 Å². The normalized spacial score (nSPS) is 14.8. The molecule has 0 bridgehead atoms. The van der Waals surface area contributed by atoms with E-state index in [9.17, 15) is 4.79 Å². The van der Waals surface area contributed by atoms with E-state index < -0.39 is 0 Å². The van der Waals surface area contributed by atoms with Crippen molar-refractivity contribution in [2.75, 3.05) is 25.6 Å². The largest absolute Gasteiger partial charge is 0.482 e. The molecule has 30 heavy (non-hydrogen) atoms. The van der Waals surface area contributed by atoms with Gasteiger partial charge < -0.3 is 19.4 Å². The van der Waals surface area contributed by atoms with Crippen molar-refractivity contribution >= 4 is 28.6 Å². The molecule has 1 aliphatic rings. The Morgan fingerprint density at radius 3 is 2.90 bits per heavy atom. The number of hydrogen-bond donors (Lipinski definition) is 1. The number of rotatable bonds is 5. The number of benzene rings is 2. The van der Waals surface area contributed by atoms with Crippen molar-refractivity contribution in [2.24, 2.45) is 4.99 Å². The van der Waals surface area contributed by atoms with Gasteiger partial charge in [-0.1, -0.05) is 12.1 Å². The van der Waals surface area contributed by atoms with E-state index in [1.807, 2.05) is 18.2 Å². The van der Waals surface area contributed by atoms with Gasteiger partial charge in [-0.05, 0) is 56.2 Å². The molecule has 1 atom stereocenters. The summed E-state index contributed by atoms with van der Waals surface area (Å²) in [5.41, 5.74) is 5.98. The Morgan fingerprint density at radius 2 is 2.10 bits per heavy atom. The zero-order valence-corrected chi connectivity index (χ0v) is 18.4. The Labute approximate surface area is 179 Å². The van der Waals surface area contributed by atoms with Crippen molar-refractivity contribution in [3.8, 4) is 17.0 Å². The number of thiazole rings is 1. The fraction of sp³-hybridized carbons (Fsp3) is 0.304. The molecular weight excluding hydrogens is 398 g/mol. The highest BCUT2D eigenvalue weighted by atomic mass is 32.1. The number of aromatic nitrogens is 1. The first-order valence-corrected chi connectivity index (χ1v) is 10.7. The molecule has 1 aliphatic heterocycles. The van der Waals surface area contributed by atoms with Crippen LogP contribution in [0.3, 0.4) is 0 Å². The van der Waals surface area contributed by atoms with Crippen molar-refractivity contribution in [1.82, 2.24) is 4.57 Å². The van der Waals surface area contributed by atoms with E-state index in [1.165, 1.54) is 5.56 Å². The first-order valence-electron chi connectivity index (χ1n) is 9.84. The van der Waals surface area contributed by atoms with Crippen molar-refractivity contribution in [1.29, 1.82) is 0 Å². The van der Waals surface area contributed by atoms with Crippen LogP contribution >= 0.6 is 11.3 Å².